The minimum Gasteiger partial charge on any atom is -0.423 e. The smallest absolute Gasteiger partial charge is 0.343 e. The summed E-state index contributed by atoms with van der Waals surface area (Å²) >= 11 is 0. The Balaban J connectivity index is 1.77. The van der Waals surface area contributed by atoms with Crippen LogP contribution in [-0.2, 0) is 11.8 Å². The van der Waals surface area contributed by atoms with E-state index in [0.29, 0.717) is 22.8 Å². The van der Waals surface area contributed by atoms with Crippen LogP contribution >= 0.6 is 0 Å². The Labute approximate surface area is 175 Å². The molecule has 2 aromatic carbocycles. The second-order valence-corrected chi connectivity index (χ2v) is 10.3. The van der Waals surface area contributed by atoms with Gasteiger partial charge in [-0.15, -0.1) is 0 Å². The van der Waals surface area contributed by atoms with E-state index in [2.05, 4.69) is 46.8 Å². The molecule has 2 heteroatoms. The predicted molar refractivity (Wildman–Crippen MR) is 119 cm³/mol. The molecule has 0 amide bonds. The molecule has 2 aliphatic carbocycles. The summed E-state index contributed by atoms with van der Waals surface area (Å²) in [5, 5.41) is 0. The van der Waals surface area contributed by atoms with Gasteiger partial charge in [0.2, 0.25) is 0 Å². The summed E-state index contributed by atoms with van der Waals surface area (Å²) in [4.78, 5) is 12.8. The lowest BCUT2D eigenvalue weighted by Gasteiger charge is -2.54. The minimum atomic E-state index is -0.270. The van der Waals surface area contributed by atoms with Gasteiger partial charge in [0, 0.05) is 0 Å². The van der Waals surface area contributed by atoms with E-state index >= 15 is 0 Å². The first kappa shape index (κ1) is 20.2. The van der Waals surface area contributed by atoms with Crippen molar-refractivity contribution in [2.45, 2.75) is 78.1 Å². The molecule has 1 fully saturated rings. The van der Waals surface area contributed by atoms with Gasteiger partial charge in [0.05, 0.1) is 5.56 Å². The third kappa shape index (κ3) is 3.52. The first-order chi connectivity index (χ1) is 13.7. The zero-order valence-corrected chi connectivity index (χ0v) is 18.5. The average molecular weight is 391 g/mol. The number of hydrogen-bond donors (Lipinski definition) is 0. The molecular weight excluding hydrogens is 356 g/mol. The van der Waals surface area contributed by atoms with Gasteiger partial charge in [0.1, 0.15) is 5.75 Å². The highest BCUT2D eigenvalue weighted by Gasteiger charge is 2.49. The van der Waals surface area contributed by atoms with Gasteiger partial charge in [-0.25, -0.2) is 4.79 Å². The number of esters is 1. The van der Waals surface area contributed by atoms with E-state index in [1.54, 1.807) is 0 Å². The third-order valence-corrected chi connectivity index (χ3v) is 7.62. The minimum absolute atomic E-state index is 0.165. The number of fused-ring (bicyclic) bond motifs is 3. The first-order valence-corrected chi connectivity index (χ1v) is 11.2. The van der Waals surface area contributed by atoms with Crippen LogP contribution in [0.3, 0.4) is 0 Å². The molecule has 29 heavy (non-hydrogen) atoms. The van der Waals surface area contributed by atoms with Crippen molar-refractivity contribution < 1.29 is 9.53 Å². The molecule has 0 saturated heterocycles. The SMILES string of the molecule is CC(C)c1cc2c(cc1OC(=O)c1ccccc1)C1(C)CCCC(C)(C)C1CC2. The maximum atomic E-state index is 12.8. The molecule has 0 aliphatic heterocycles. The fraction of sp³-hybridized carbons (Fsp3) is 0.519. The summed E-state index contributed by atoms with van der Waals surface area (Å²) < 4.78 is 6.00. The molecule has 2 nitrogen and oxygen atoms in total. The number of ether oxygens (including phenoxy) is 1. The molecule has 0 bridgehead atoms. The van der Waals surface area contributed by atoms with E-state index in [1.165, 1.54) is 36.8 Å². The lowest BCUT2D eigenvalue weighted by Crippen LogP contribution is -2.47. The molecule has 2 aliphatic rings. The van der Waals surface area contributed by atoms with Crippen molar-refractivity contribution >= 4 is 5.97 Å². The standard InChI is InChI=1S/C27H34O2/c1-18(2)21-16-20-12-13-24-26(3,4)14-9-15-27(24,5)22(20)17-23(21)29-25(28)19-10-7-6-8-11-19/h6-8,10-11,16-18,24H,9,12-15H2,1-5H3. The van der Waals surface area contributed by atoms with E-state index in [4.69, 9.17) is 4.74 Å². The largest absolute Gasteiger partial charge is 0.423 e. The Bertz CT molecular complexity index is 910. The highest BCUT2D eigenvalue weighted by atomic mass is 16.5. The Morgan fingerprint density at radius 1 is 1.07 bits per heavy atom. The molecule has 2 aromatic rings. The molecule has 2 unspecified atom stereocenters. The molecule has 0 heterocycles. The highest BCUT2D eigenvalue weighted by Crippen LogP contribution is 2.57. The molecular formula is C27H34O2. The van der Waals surface area contributed by atoms with E-state index in [1.807, 2.05) is 30.3 Å². The van der Waals surface area contributed by atoms with Crippen molar-refractivity contribution in [2.24, 2.45) is 11.3 Å². The maximum absolute atomic E-state index is 12.8. The van der Waals surface area contributed by atoms with Crippen LogP contribution in [0.5, 0.6) is 5.75 Å². The number of rotatable bonds is 3. The van der Waals surface area contributed by atoms with Gasteiger partial charge in [0.25, 0.3) is 0 Å². The lowest BCUT2D eigenvalue weighted by molar-refractivity contribution is 0.0404. The topological polar surface area (TPSA) is 26.3 Å². The summed E-state index contributed by atoms with van der Waals surface area (Å²) in [6.07, 6.45) is 6.19. The average Bonchev–Trinajstić information content (AvgIpc) is 2.67. The number of benzene rings is 2. The van der Waals surface area contributed by atoms with Crippen molar-refractivity contribution in [3.05, 3.63) is 64.7 Å². The van der Waals surface area contributed by atoms with Crippen LogP contribution < -0.4 is 4.74 Å². The number of hydrogen-bond acceptors (Lipinski definition) is 2. The van der Waals surface area contributed by atoms with Gasteiger partial charge in [-0.2, -0.15) is 0 Å². The van der Waals surface area contributed by atoms with E-state index < -0.39 is 0 Å². The van der Waals surface area contributed by atoms with Crippen molar-refractivity contribution in [3.8, 4) is 5.75 Å². The molecule has 0 N–H and O–H groups in total. The van der Waals surface area contributed by atoms with Crippen LogP contribution in [0, 0.1) is 11.3 Å². The van der Waals surface area contributed by atoms with Gasteiger partial charge in [-0.1, -0.05) is 65.3 Å². The molecule has 0 aromatic heterocycles. The first-order valence-electron chi connectivity index (χ1n) is 11.2. The van der Waals surface area contributed by atoms with Crippen molar-refractivity contribution in [2.75, 3.05) is 0 Å². The number of aryl methyl sites for hydroxylation is 1. The van der Waals surface area contributed by atoms with Crippen LogP contribution in [0.15, 0.2) is 42.5 Å². The van der Waals surface area contributed by atoms with Gasteiger partial charge < -0.3 is 4.74 Å². The van der Waals surface area contributed by atoms with Crippen LogP contribution in [0.1, 0.15) is 93.3 Å². The summed E-state index contributed by atoms with van der Waals surface area (Å²) in [5.74, 6) is 1.47. The van der Waals surface area contributed by atoms with Crippen LogP contribution in [0.2, 0.25) is 0 Å². The number of carbonyl (C=O) groups is 1. The zero-order valence-electron chi connectivity index (χ0n) is 18.5. The Morgan fingerprint density at radius 2 is 1.79 bits per heavy atom. The second-order valence-electron chi connectivity index (χ2n) is 10.3. The Kier molecular flexibility index (Phi) is 5.09. The van der Waals surface area contributed by atoms with Gasteiger partial charge >= 0.3 is 5.97 Å². The lowest BCUT2D eigenvalue weighted by atomic mass is 9.50. The summed E-state index contributed by atoms with van der Waals surface area (Å²) in [5.41, 5.74) is 5.15. The Hall–Kier alpha value is -2.09. The van der Waals surface area contributed by atoms with E-state index in [9.17, 15) is 4.79 Å². The van der Waals surface area contributed by atoms with Crippen LogP contribution in [-0.4, -0.2) is 5.97 Å². The second kappa shape index (κ2) is 7.31. The maximum Gasteiger partial charge on any atom is 0.343 e. The summed E-state index contributed by atoms with van der Waals surface area (Å²) in [6, 6.07) is 13.9. The molecule has 0 spiro atoms. The molecule has 154 valence electrons. The van der Waals surface area contributed by atoms with Crippen LogP contribution in [0.25, 0.3) is 0 Å². The predicted octanol–water partition coefficient (Wildman–Crippen LogP) is 7.06. The van der Waals surface area contributed by atoms with Crippen LogP contribution in [0.4, 0.5) is 0 Å². The quantitative estimate of drug-likeness (QED) is 0.414. The monoisotopic (exact) mass is 390 g/mol. The van der Waals surface area contributed by atoms with E-state index in [0.717, 1.165) is 17.7 Å². The van der Waals surface area contributed by atoms with Crippen molar-refractivity contribution in [1.82, 2.24) is 0 Å². The van der Waals surface area contributed by atoms with Crippen molar-refractivity contribution in [3.63, 3.8) is 0 Å². The fourth-order valence-corrected chi connectivity index (χ4v) is 6.11. The normalized spacial score (nSPS) is 25.2. The molecule has 1 saturated carbocycles. The fourth-order valence-electron chi connectivity index (χ4n) is 6.11. The van der Waals surface area contributed by atoms with Gasteiger partial charge in [0.15, 0.2) is 0 Å². The van der Waals surface area contributed by atoms with Gasteiger partial charge in [-0.05, 0) is 83.2 Å². The van der Waals surface area contributed by atoms with Crippen molar-refractivity contribution in [1.29, 1.82) is 0 Å². The molecule has 4 rings (SSSR count). The van der Waals surface area contributed by atoms with Gasteiger partial charge in [-0.3, -0.25) is 0 Å². The highest BCUT2D eigenvalue weighted by molar-refractivity contribution is 5.91. The van der Waals surface area contributed by atoms with E-state index in [-0.39, 0.29) is 11.4 Å². The summed E-state index contributed by atoms with van der Waals surface area (Å²) in [6.45, 7) is 11.7. The zero-order chi connectivity index (χ0) is 20.8. The Morgan fingerprint density at radius 3 is 2.48 bits per heavy atom. The molecule has 0 radical (unpaired) electrons. The molecule has 2 atom stereocenters. The third-order valence-electron chi connectivity index (χ3n) is 7.62. The summed E-state index contributed by atoms with van der Waals surface area (Å²) in [7, 11) is 0. The number of carbonyl (C=O) groups excluding carboxylic acids is 1.